The molecule has 104 valence electrons. The van der Waals surface area contributed by atoms with Crippen LogP contribution in [0.5, 0.6) is 11.6 Å². The third-order valence-corrected chi connectivity index (χ3v) is 4.06. The second-order valence-corrected chi connectivity index (χ2v) is 5.94. The van der Waals surface area contributed by atoms with Crippen LogP contribution in [0, 0.1) is 0 Å². The van der Waals surface area contributed by atoms with Crippen LogP contribution in [0.4, 0.5) is 0 Å². The molecule has 1 aromatic heterocycles. The number of aromatic nitrogens is 1. The first-order valence-electron chi connectivity index (χ1n) is 6.91. The van der Waals surface area contributed by atoms with E-state index >= 15 is 0 Å². The average Bonchev–Trinajstić information content (AvgIpc) is 2.46. The molecule has 0 unspecified atom stereocenters. The van der Waals surface area contributed by atoms with Crippen LogP contribution in [0.1, 0.15) is 29.7 Å². The van der Waals surface area contributed by atoms with Gasteiger partial charge in [-0.05, 0) is 55.5 Å². The number of fused-ring (bicyclic) bond motifs is 1. The van der Waals surface area contributed by atoms with E-state index in [2.05, 4.69) is 22.0 Å². The fourth-order valence-electron chi connectivity index (χ4n) is 2.54. The number of pyridine rings is 1. The van der Waals surface area contributed by atoms with Crippen molar-refractivity contribution in [3.63, 3.8) is 0 Å². The van der Waals surface area contributed by atoms with Gasteiger partial charge in [0.1, 0.15) is 5.75 Å². The number of hydrogen-bond donors (Lipinski definition) is 1. The molecule has 1 heterocycles. The van der Waals surface area contributed by atoms with Gasteiger partial charge in [-0.1, -0.05) is 22.0 Å². The average molecular weight is 333 g/mol. The fourth-order valence-corrected chi connectivity index (χ4v) is 2.92. The molecular formula is C16H17BrN2O. The van der Waals surface area contributed by atoms with Crippen molar-refractivity contribution in [2.24, 2.45) is 5.73 Å². The van der Waals surface area contributed by atoms with Crippen LogP contribution in [-0.2, 0) is 19.4 Å². The predicted octanol–water partition coefficient (Wildman–Crippen LogP) is 3.97. The van der Waals surface area contributed by atoms with Crippen molar-refractivity contribution >= 4 is 15.9 Å². The van der Waals surface area contributed by atoms with Crippen molar-refractivity contribution < 1.29 is 4.74 Å². The Bertz CT molecular complexity index is 628. The molecule has 0 fully saturated rings. The molecule has 0 saturated carbocycles. The predicted molar refractivity (Wildman–Crippen MR) is 83.0 cm³/mol. The number of nitrogens with zero attached hydrogens (tertiary/aromatic N) is 1. The Morgan fingerprint density at radius 2 is 2.05 bits per heavy atom. The molecule has 0 spiro atoms. The summed E-state index contributed by atoms with van der Waals surface area (Å²) in [6.45, 7) is 0.448. The van der Waals surface area contributed by atoms with Crippen molar-refractivity contribution in [3.8, 4) is 11.6 Å². The normalized spacial score (nSPS) is 13.9. The highest BCUT2D eigenvalue weighted by atomic mass is 79.9. The van der Waals surface area contributed by atoms with Gasteiger partial charge in [-0.2, -0.15) is 0 Å². The molecule has 1 aliphatic rings. The van der Waals surface area contributed by atoms with E-state index in [0.29, 0.717) is 12.4 Å². The number of benzene rings is 1. The van der Waals surface area contributed by atoms with E-state index in [-0.39, 0.29) is 0 Å². The largest absolute Gasteiger partial charge is 0.439 e. The van der Waals surface area contributed by atoms with Gasteiger partial charge in [0.05, 0.1) is 0 Å². The van der Waals surface area contributed by atoms with Crippen LogP contribution >= 0.6 is 15.9 Å². The van der Waals surface area contributed by atoms with Gasteiger partial charge in [0.15, 0.2) is 0 Å². The van der Waals surface area contributed by atoms with E-state index in [9.17, 15) is 0 Å². The van der Waals surface area contributed by atoms with Gasteiger partial charge < -0.3 is 10.5 Å². The van der Waals surface area contributed by atoms with Crippen molar-refractivity contribution in [2.45, 2.75) is 32.2 Å². The van der Waals surface area contributed by atoms with Gasteiger partial charge in [-0.15, -0.1) is 0 Å². The van der Waals surface area contributed by atoms with Crippen molar-refractivity contribution in [3.05, 3.63) is 51.6 Å². The van der Waals surface area contributed by atoms with Gasteiger partial charge in [-0.3, -0.25) is 0 Å². The SMILES string of the molecule is NCc1cc2c(nc1Oc1cccc(Br)c1)CCCC2. The molecule has 2 N–H and O–H groups in total. The van der Waals surface area contributed by atoms with Crippen LogP contribution in [0.15, 0.2) is 34.8 Å². The first-order chi connectivity index (χ1) is 9.76. The van der Waals surface area contributed by atoms with Crippen molar-refractivity contribution in [1.82, 2.24) is 4.98 Å². The smallest absolute Gasteiger partial charge is 0.223 e. The number of ether oxygens (including phenoxy) is 1. The lowest BCUT2D eigenvalue weighted by molar-refractivity contribution is 0.451. The van der Waals surface area contributed by atoms with E-state index < -0.39 is 0 Å². The van der Waals surface area contributed by atoms with Crippen LogP contribution < -0.4 is 10.5 Å². The minimum absolute atomic E-state index is 0.448. The Morgan fingerprint density at radius 3 is 2.85 bits per heavy atom. The summed E-state index contributed by atoms with van der Waals surface area (Å²) in [5.74, 6) is 1.42. The molecule has 3 nitrogen and oxygen atoms in total. The topological polar surface area (TPSA) is 48.1 Å². The summed E-state index contributed by atoms with van der Waals surface area (Å²) in [7, 11) is 0. The van der Waals surface area contributed by atoms with Crippen LogP contribution in [0.3, 0.4) is 0 Å². The van der Waals surface area contributed by atoms with Gasteiger partial charge in [-0.25, -0.2) is 4.98 Å². The molecule has 0 radical (unpaired) electrons. The maximum Gasteiger partial charge on any atom is 0.223 e. The van der Waals surface area contributed by atoms with E-state index in [4.69, 9.17) is 15.5 Å². The van der Waals surface area contributed by atoms with Gasteiger partial charge in [0, 0.05) is 22.3 Å². The molecule has 0 atom stereocenters. The molecule has 1 aliphatic carbocycles. The third kappa shape index (κ3) is 2.86. The summed E-state index contributed by atoms with van der Waals surface area (Å²) >= 11 is 3.45. The first-order valence-corrected chi connectivity index (χ1v) is 7.71. The number of hydrogen-bond acceptors (Lipinski definition) is 3. The molecule has 0 saturated heterocycles. The fraction of sp³-hybridized carbons (Fsp3) is 0.312. The number of rotatable bonds is 3. The lowest BCUT2D eigenvalue weighted by Gasteiger charge is -2.18. The summed E-state index contributed by atoms with van der Waals surface area (Å²) in [4.78, 5) is 4.69. The van der Waals surface area contributed by atoms with Gasteiger partial charge >= 0.3 is 0 Å². The van der Waals surface area contributed by atoms with E-state index in [1.807, 2.05) is 24.3 Å². The maximum absolute atomic E-state index is 5.93. The Kier molecular flexibility index (Phi) is 4.03. The zero-order valence-corrected chi connectivity index (χ0v) is 12.8. The lowest BCUT2D eigenvalue weighted by atomic mass is 9.95. The highest BCUT2D eigenvalue weighted by molar-refractivity contribution is 9.10. The second-order valence-electron chi connectivity index (χ2n) is 5.03. The highest BCUT2D eigenvalue weighted by Crippen LogP contribution is 2.29. The number of halogens is 1. The van der Waals surface area contributed by atoms with E-state index in [1.165, 1.54) is 24.1 Å². The molecule has 20 heavy (non-hydrogen) atoms. The molecule has 2 aromatic rings. The van der Waals surface area contributed by atoms with Gasteiger partial charge in [0.2, 0.25) is 5.88 Å². The van der Waals surface area contributed by atoms with Crippen molar-refractivity contribution in [2.75, 3.05) is 0 Å². The van der Waals surface area contributed by atoms with Crippen LogP contribution in [0.25, 0.3) is 0 Å². The third-order valence-electron chi connectivity index (χ3n) is 3.57. The second kappa shape index (κ2) is 5.94. The van der Waals surface area contributed by atoms with Crippen molar-refractivity contribution in [1.29, 1.82) is 0 Å². The summed E-state index contributed by atoms with van der Waals surface area (Å²) in [6.07, 6.45) is 4.59. The summed E-state index contributed by atoms with van der Waals surface area (Å²) in [5, 5.41) is 0. The molecule has 3 rings (SSSR count). The highest BCUT2D eigenvalue weighted by Gasteiger charge is 2.15. The molecular weight excluding hydrogens is 316 g/mol. The number of aryl methyl sites for hydroxylation is 2. The molecule has 0 bridgehead atoms. The Balaban J connectivity index is 1.95. The lowest BCUT2D eigenvalue weighted by Crippen LogP contribution is -2.10. The molecule has 4 heteroatoms. The standard InChI is InChI=1S/C16H17BrN2O/c17-13-5-3-6-14(9-13)20-16-12(10-18)8-11-4-1-2-7-15(11)19-16/h3,5-6,8-9H,1-2,4,7,10,18H2. The molecule has 0 aliphatic heterocycles. The van der Waals surface area contributed by atoms with Crippen LogP contribution in [0.2, 0.25) is 0 Å². The molecule has 0 amide bonds. The minimum atomic E-state index is 0.448. The zero-order chi connectivity index (χ0) is 13.9. The van der Waals surface area contributed by atoms with Crippen LogP contribution in [-0.4, -0.2) is 4.98 Å². The summed E-state index contributed by atoms with van der Waals surface area (Å²) in [6, 6.07) is 9.93. The number of nitrogens with two attached hydrogens (primary N) is 1. The summed E-state index contributed by atoms with van der Waals surface area (Å²) < 4.78 is 6.91. The van der Waals surface area contributed by atoms with E-state index in [1.54, 1.807) is 0 Å². The minimum Gasteiger partial charge on any atom is -0.439 e. The Labute approximate surface area is 127 Å². The van der Waals surface area contributed by atoms with E-state index in [0.717, 1.165) is 28.6 Å². The maximum atomic E-state index is 5.93. The first kappa shape index (κ1) is 13.6. The molecule has 1 aromatic carbocycles. The monoisotopic (exact) mass is 332 g/mol. The Morgan fingerprint density at radius 1 is 1.20 bits per heavy atom. The summed E-state index contributed by atoms with van der Waals surface area (Å²) in [5.41, 5.74) is 9.31. The zero-order valence-electron chi connectivity index (χ0n) is 11.2. The Hall–Kier alpha value is -1.39. The van der Waals surface area contributed by atoms with Gasteiger partial charge in [0.25, 0.3) is 0 Å². The quantitative estimate of drug-likeness (QED) is 0.924.